The number of nitrogens with one attached hydrogen (secondary N) is 1. The molecule has 6 heteroatoms. The summed E-state index contributed by atoms with van der Waals surface area (Å²) < 4.78 is 1.67. The lowest BCUT2D eigenvalue weighted by Gasteiger charge is -2.05. The fourth-order valence-corrected chi connectivity index (χ4v) is 2.27. The van der Waals surface area contributed by atoms with Gasteiger partial charge in [0.25, 0.3) is 0 Å². The molecule has 1 aromatic heterocycles. The monoisotopic (exact) mass is 224 g/mol. The molecule has 1 aliphatic rings. The summed E-state index contributed by atoms with van der Waals surface area (Å²) in [7, 11) is 0. The predicted molar refractivity (Wildman–Crippen MR) is 56.7 cm³/mol. The van der Waals surface area contributed by atoms with E-state index in [9.17, 15) is 4.79 Å². The van der Waals surface area contributed by atoms with Crippen molar-refractivity contribution in [2.45, 2.75) is 42.6 Å². The van der Waals surface area contributed by atoms with Crippen LogP contribution < -0.4 is 5.69 Å². The minimum absolute atomic E-state index is 0.127. The standard InChI is InChI=1S/C9H12N4OS/c1-2-7(5-10)15-9-12-11-8(14)13(9)6-3-4-6/h6-7H,2-4H2,1H3,(H,11,14). The lowest BCUT2D eigenvalue weighted by atomic mass is 10.4. The van der Waals surface area contributed by atoms with Gasteiger partial charge in [-0.1, -0.05) is 18.7 Å². The molecule has 0 saturated heterocycles. The molecule has 1 unspecified atom stereocenters. The lowest BCUT2D eigenvalue weighted by molar-refractivity contribution is 0.641. The molecule has 80 valence electrons. The highest BCUT2D eigenvalue weighted by molar-refractivity contribution is 8.00. The first-order valence-corrected chi connectivity index (χ1v) is 5.87. The zero-order valence-electron chi connectivity index (χ0n) is 8.43. The van der Waals surface area contributed by atoms with Crippen LogP contribution in [0.1, 0.15) is 32.2 Å². The predicted octanol–water partition coefficient (Wildman–Crippen LogP) is 1.30. The molecule has 0 aromatic carbocycles. The van der Waals surface area contributed by atoms with Gasteiger partial charge in [0.2, 0.25) is 0 Å². The molecule has 1 aromatic rings. The van der Waals surface area contributed by atoms with Crippen molar-refractivity contribution in [1.82, 2.24) is 14.8 Å². The van der Waals surface area contributed by atoms with Gasteiger partial charge in [-0.3, -0.25) is 4.57 Å². The van der Waals surface area contributed by atoms with E-state index in [1.54, 1.807) is 4.57 Å². The van der Waals surface area contributed by atoms with E-state index in [4.69, 9.17) is 5.26 Å². The van der Waals surface area contributed by atoms with Crippen molar-refractivity contribution in [3.8, 4) is 6.07 Å². The Balaban J connectivity index is 2.21. The van der Waals surface area contributed by atoms with Crippen LogP contribution in [0.2, 0.25) is 0 Å². The van der Waals surface area contributed by atoms with Crippen LogP contribution in [-0.2, 0) is 0 Å². The van der Waals surface area contributed by atoms with E-state index in [2.05, 4.69) is 16.3 Å². The van der Waals surface area contributed by atoms with E-state index in [1.165, 1.54) is 11.8 Å². The maximum Gasteiger partial charge on any atom is 0.344 e. The van der Waals surface area contributed by atoms with Crippen molar-refractivity contribution in [3.05, 3.63) is 10.5 Å². The van der Waals surface area contributed by atoms with Gasteiger partial charge in [-0.15, -0.1) is 5.10 Å². The number of H-pyrrole nitrogens is 1. The maximum absolute atomic E-state index is 11.4. The lowest BCUT2D eigenvalue weighted by Crippen LogP contribution is -2.16. The molecule has 0 aliphatic heterocycles. The molecule has 0 radical (unpaired) electrons. The number of thioether (sulfide) groups is 1. The Kier molecular flexibility index (Phi) is 2.82. The number of aromatic amines is 1. The highest BCUT2D eigenvalue weighted by atomic mass is 32.2. The molecule has 5 nitrogen and oxygen atoms in total. The van der Waals surface area contributed by atoms with Crippen molar-refractivity contribution < 1.29 is 0 Å². The summed E-state index contributed by atoms with van der Waals surface area (Å²) in [6, 6.07) is 2.49. The van der Waals surface area contributed by atoms with Crippen molar-refractivity contribution in [2.24, 2.45) is 0 Å². The van der Waals surface area contributed by atoms with Gasteiger partial charge >= 0.3 is 5.69 Å². The fourth-order valence-electron chi connectivity index (χ4n) is 1.36. The van der Waals surface area contributed by atoms with Crippen LogP contribution in [0.25, 0.3) is 0 Å². The average molecular weight is 224 g/mol. The highest BCUT2D eigenvalue weighted by Crippen LogP contribution is 2.36. The molecular weight excluding hydrogens is 212 g/mol. The Hall–Kier alpha value is -1.22. The van der Waals surface area contributed by atoms with Gasteiger partial charge in [0.15, 0.2) is 5.16 Å². The zero-order chi connectivity index (χ0) is 10.8. The summed E-state index contributed by atoms with van der Waals surface area (Å²) in [4.78, 5) is 11.4. The highest BCUT2D eigenvalue weighted by Gasteiger charge is 2.29. The normalized spacial score (nSPS) is 17.3. The Bertz CT molecular complexity index is 440. The van der Waals surface area contributed by atoms with Crippen molar-refractivity contribution in [2.75, 3.05) is 0 Å². The maximum atomic E-state index is 11.4. The summed E-state index contributed by atoms with van der Waals surface area (Å²) in [5, 5.41) is 15.8. The molecule has 2 rings (SSSR count). The largest absolute Gasteiger partial charge is 0.344 e. The number of rotatable bonds is 4. The van der Waals surface area contributed by atoms with Crippen molar-refractivity contribution >= 4 is 11.8 Å². The van der Waals surface area contributed by atoms with Crippen LogP contribution in [0.5, 0.6) is 0 Å². The molecule has 1 heterocycles. The third kappa shape index (κ3) is 2.07. The molecule has 1 aliphatic carbocycles. The van der Waals surface area contributed by atoms with Gasteiger partial charge in [0.1, 0.15) is 0 Å². The quantitative estimate of drug-likeness (QED) is 0.782. The molecule has 1 atom stereocenters. The molecule has 0 amide bonds. The number of nitrogens with zero attached hydrogens (tertiary/aromatic N) is 3. The van der Waals surface area contributed by atoms with E-state index in [-0.39, 0.29) is 10.9 Å². The first kappa shape index (κ1) is 10.3. The molecular formula is C9H12N4OS. The smallest absolute Gasteiger partial charge is 0.267 e. The van der Waals surface area contributed by atoms with Gasteiger partial charge in [0.05, 0.1) is 11.3 Å². The SMILES string of the molecule is CCC(C#N)Sc1n[nH]c(=O)n1C1CC1. The first-order chi connectivity index (χ1) is 7.26. The Morgan fingerprint density at radius 1 is 1.80 bits per heavy atom. The Morgan fingerprint density at radius 3 is 3.07 bits per heavy atom. The minimum Gasteiger partial charge on any atom is -0.267 e. The van der Waals surface area contributed by atoms with Gasteiger partial charge < -0.3 is 0 Å². The van der Waals surface area contributed by atoms with E-state index in [1.807, 2.05) is 6.92 Å². The molecule has 1 N–H and O–H groups in total. The third-order valence-electron chi connectivity index (χ3n) is 2.35. The topological polar surface area (TPSA) is 74.5 Å². The van der Waals surface area contributed by atoms with Gasteiger partial charge in [-0.2, -0.15) is 5.26 Å². The second-order valence-electron chi connectivity index (χ2n) is 3.56. The van der Waals surface area contributed by atoms with Crippen LogP contribution in [0.4, 0.5) is 0 Å². The van der Waals surface area contributed by atoms with Crippen LogP contribution in [0, 0.1) is 11.3 Å². The minimum atomic E-state index is -0.159. The summed E-state index contributed by atoms with van der Waals surface area (Å²) in [6.45, 7) is 1.95. The Labute approximate surface area is 91.5 Å². The molecule has 1 saturated carbocycles. The fraction of sp³-hybridized carbons (Fsp3) is 0.667. The summed E-state index contributed by atoms with van der Waals surface area (Å²) >= 11 is 1.36. The number of hydrogen-bond donors (Lipinski definition) is 1. The van der Waals surface area contributed by atoms with E-state index < -0.39 is 0 Å². The summed E-state index contributed by atoms with van der Waals surface area (Å²) in [6.07, 6.45) is 2.83. The van der Waals surface area contributed by atoms with Crippen molar-refractivity contribution in [1.29, 1.82) is 5.26 Å². The molecule has 0 bridgehead atoms. The van der Waals surface area contributed by atoms with Gasteiger partial charge in [-0.25, -0.2) is 9.89 Å². The van der Waals surface area contributed by atoms with Crippen LogP contribution in [0.15, 0.2) is 9.95 Å². The second kappa shape index (κ2) is 4.11. The van der Waals surface area contributed by atoms with E-state index in [0.717, 1.165) is 19.3 Å². The van der Waals surface area contributed by atoms with Crippen LogP contribution >= 0.6 is 11.8 Å². The van der Waals surface area contributed by atoms with Crippen LogP contribution in [0.3, 0.4) is 0 Å². The van der Waals surface area contributed by atoms with Crippen molar-refractivity contribution in [3.63, 3.8) is 0 Å². The number of nitriles is 1. The summed E-state index contributed by atoms with van der Waals surface area (Å²) in [5.74, 6) is 0. The average Bonchev–Trinajstić information content (AvgIpc) is 3.01. The summed E-state index contributed by atoms with van der Waals surface area (Å²) in [5.41, 5.74) is -0.159. The molecule has 0 spiro atoms. The van der Waals surface area contributed by atoms with E-state index in [0.29, 0.717) is 11.2 Å². The van der Waals surface area contributed by atoms with Gasteiger partial charge in [-0.05, 0) is 19.3 Å². The van der Waals surface area contributed by atoms with Crippen LogP contribution in [-0.4, -0.2) is 20.0 Å². The third-order valence-corrected chi connectivity index (χ3v) is 3.57. The molecule has 1 fully saturated rings. The van der Waals surface area contributed by atoms with E-state index >= 15 is 0 Å². The number of aromatic nitrogens is 3. The molecule has 15 heavy (non-hydrogen) atoms. The second-order valence-corrected chi connectivity index (χ2v) is 4.73. The Morgan fingerprint density at radius 2 is 2.53 bits per heavy atom. The number of hydrogen-bond acceptors (Lipinski definition) is 4. The zero-order valence-corrected chi connectivity index (χ0v) is 9.25. The first-order valence-electron chi connectivity index (χ1n) is 4.99. The van der Waals surface area contributed by atoms with Gasteiger partial charge in [0, 0.05) is 6.04 Å².